The summed E-state index contributed by atoms with van der Waals surface area (Å²) in [6.07, 6.45) is 3.41. The van der Waals surface area contributed by atoms with Gasteiger partial charge in [-0.2, -0.15) is 5.10 Å². The minimum Gasteiger partial charge on any atom is -0.494 e. The standard InChI is InChI=1S/C15H17ClN2O/c16-15-11-14(12-7-8-12)17-18(15)9-4-10-19-13-5-2-1-3-6-13/h1-3,5-6,11-12H,4,7-10H2. The van der Waals surface area contributed by atoms with E-state index in [1.165, 1.54) is 12.8 Å². The van der Waals surface area contributed by atoms with Gasteiger partial charge < -0.3 is 4.74 Å². The molecule has 1 heterocycles. The molecule has 1 fully saturated rings. The van der Waals surface area contributed by atoms with Crippen molar-refractivity contribution in [3.05, 3.63) is 47.2 Å². The summed E-state index contributed by atoms with van der Waals surface area (Å²) in [6.45, 7) is 1.48. The van der Waals surface area contributed by atoms with Crippen LogP contribution in [-0.4, -0.2) is 16.4 Å². The van der Waals surface area contributed by atoms with Crippen molar-refractivity contribution < 1.29 is 4.74 Å². The van der Waals surface area contributed by atoms with E-state index < -0.39 is 0 Å². The first-order valence-corrected chi connectivity index (χ1v) is 7.12. The highest BCUT2D eigenvalue weighted by molar-refractivity contribution is 6.29. The molecule has 3 rings (SSSR count). The maximum absolute atomic E-state index is 6.17. The smallest absolute Gasteiger partial charge is 0.127 e. The van der Waals surface area contributed by atoms with E-state index in [-0.39, 0.29) is 0 Å². The van der Waals surface area contributed by atoms with Gasteiger partial charge in [0.1, 0.15) is 10.9 Å². The van der Waals surface area contributed by atoms with Gasteiger partial charge in [0.05, 0.1) is 12.3 Å². The average molecular weight is 277 g/mol. The molecule has 1 aromatic carbocycles. The number of hydrogen-bond acceptors (Lipinski definition) is 2. The van der Waals surface area contributed by atoms with Crippen molar-refractivity contribution >= 4 is 11.6 Å². The zero-order valence-electron chi connectivity index (χ0n) is 10.8. The van der Waals surface area contributed by atoms with Crippen molar-refractivity contribution in [1.82, 2.24) is 9.78 Å². The zero-order valence-corrected chi connectivity index (χ0v) is 11.5. The highest BCUT2D eigenvalue weighted by Crippen LogP contribution is 2.39. The van der Waals surface area contributed by atoms with Gasteiger partial charge in [0, 0.05) is 18.9 Å². The highest BCUT2D eigenvalue weighted by Gasteiger charge is 2.26. The number of hydrogen-bond donors (Lipinski definition) is 0. The number of halogens is 1. The molecular formula is C15H17ClN2O. The van der Waals surface area contributed by atoms with Crippen molar-refractivity contribution in [2.45, 2.75) is 31.7 Å². The fourth-order valence-electron chi connectivity index (χ4n) is 2.07. The second kappa shape index (κ2) is 5.66. The molecule has 100 valence electrons. The van der Waals surface area contributed by atoms with E-state index in [9.17, 15) is 0 Å². The molecule has 0 unspecified atom stereocenters. The molecule has 2 aromatic rings. The summed E-state index contributed by atoms with van der Waals surface area (Å²) < 4.78 is 7.53. The highest BCUT2D eigenvalue weighted by atomic mass is 35.5. The van der Waals surface area contributed by atoms with Crippen molar-refractivity contribution in [2.75, 3.05) is 6.61 Å². The molecule has 0 radical (unpaired) electrons. The Morgan fingerprint density at radius 3 is 2.79 bits per heavy atom. The van der Waals surface area contributed by atoms with E-state index in [2.05, 4.69) is 5.10 Å². The number of aromatic nitrogens is 2. The number of para-hydroxylation sites is 1. The van der Waals surface area contributed by atoms with Gasteiger partial charge in [-0.25, -0.2) is 0 Å². The Balaban J connectivity index is 1.47. The molecule has 1 aromatic heterocycles. The lowest BCUT2D eigenvalue weighted by Gasteiger charge is -2.06. The van der Waals surface area contributed by atoms with Crippen molar-refractivity contribution in [3.63, 3.8) is 0 Å². The average Bonchev–Trinajstić information content (AvgIpc) is 3.21. The fraction of sp³-hybridized carbons (Fsp3) is 0.400. The number of benzene rings is 1. The Kier molecular flexibility index (Phi) is 3.74. The van der Waals surface area contributed by atoms with Gasteiger partial charge in [0.15, 0.2) is 0 Å². The molecular weight excluding hydrogens is 260 g/mol. The first kappa shape index (κ1) is 12.5. The van der Waals surface area contributed by atoms with E-state index in [0.717, 1.165) is 29.6 Å². The van der Waals surface area contributed by atoms with Crippen LogP contribution < -0.4 is 4.74 Å². The Hall–Kier alpha value is -1.48. The number of nitrogens with zero attached hydrogens (tertiary/aromatic N) is 2. The zero-order chi connectivity index (χ0) is 13.1. The molecule has 1 saturated carbocycles. The predicted molar refractivity (Wildman–Crippen MR) is 75.8 cm³/mol. The molecule has 0 saturated heterocycles. The summed E-state index contributed by atoms with van der Waals surface area (Å²) in [5.41, 5.74) is 1.15. The quantitative estimate of drug-likeness (QED) is 0.749. The molecule has 4 heteroatoms. The SMILES string of the molecule is Clc1cc(C2CC2)nn1CCCOc1ccccc1. The predicted octanol–water partition coefficient (Wildman–Crippen LogP) is 3.88. The second-order valence-corrected chi connectivity index (χ2v) is 5.29. The monoisotopic (exact) mass is 276 g/mol. The summed E-state index contributed by atoms with van der Waals surface area (Å²) in [5.74, 6) is 1.56. The van der Waals surface area contributed by atoms with Crippen LogP contribution in [0.4, 0.5) is 0 Å². The second-order valence-electron chi connectivity index (χ2n) is 4.90. The number of aryl methyl sites for hydroxylation is 1. The third-order valence-corrected chi connectivity index (χ3v) is 3.58. The summed E-state index contributed by atoms with van der Waals surface area (Å²) in [7, 11) is 0. The third kappa shape index (κ3) is 3.29. The van der Waals surface area contributed by atoms with Crippen molar-refractivity contribution in [2.24, 2.45) is 0 Å². The van der Waals surface area contributed by atoms with Crippen LogP contribution in [0.25, 0.3) is 0 Å². The van der Waals surface area contributed by atoms with E-state index in [0.29, 0.717) is 12.5 Å². The molecule has 0 spiro atoms. The molecule has 0 N–H and O–H groups in total. The lowest BCUT2D eigenvalue weighted by molar-refractivity contribution is 0.298. The van der Waals surface area contributed by atoms with E-state index in [4.69, 9.17) is 16.3 Å². The third-order valence-electron chi connectivity index (χ3n) is 3.27. The van der Waals surface area contributed by atoms with Crippen molar-refractivity contribution in [1.29, 1.82) is 0 Å². The molecule has 3 nitrogen and oxygen atoms in total. The van der Waals surface area contributed by atoms with E-state index in [1.807, 2.05) is 41.1 Å². The molecule has 0 amide bonds. The minimum atomic E-state index is 0.652. The van der Waals surface area contributed by atoms with E-state index >= 15 is 0 Å². The van der Waals surface area contributed by atoms with Gasteiger partial charge >= 0.3 is 0 Å². The Labute approximate surface area is 118 Å². The van der Waals surface area contributed by atoms with Gasteiger partial charge in [0.2, 0.25) is 0 Å². The maximum atomic E-state index is 6.17. The van der Waals surface area contributed by atoms with Gasteiger partial charge in [-0.15, -0.1) is 0 Å². The topological polar surface area (TPSA) is 27.1 Å². The molecule has 1 aliphatic rings. The van der Waals surface area contributed by atoms with E-state index in [1.54, 1.807) is 0 Å². The van der Waals surface area contributed by atoms with Crippen LogP contribution in [0.5, 0.6) is 5.75 Å². The largest absolute Gasteiger partial charge is 0.494 e. The first-order chi connectivity index (χ1) is 9.33. The van der Waals surface area contributed by atoms with Crippen LogP contribution >= 0.6 is 11.6 Å². The lowest BCUT2D eigenvalue weighted by Crippen LogP contribution is -2.06. The number of ether oxygens (including phenoxy) is 1. The summed E-state index contributed by atoms with van der Waals surface area (Å²) in [5, 5.41) is 5.28. The van der Waals surface area contributed by atoms with Gasteiger partial charge in [-0.05, 0) is 31.0 Å². The van der Waals surface area contributed by atoms with Crippen LogP contribution in [0.1, 0.15) is 30.9 Å². The summed E-state index contributed by atoms with van der Waals surface area (Å²) in [6, 6.07) is 11.9. The van der Waals surface area contributed by atoms with Gasteiger partial charge in [-0.3, -0.25) is 4.68 Å². The summed E-state index contributed by atoms with van der Waals surface area (Å²) in [4.78, 5) is 0. The Bertz CT molecular complexity index is 534. The minimum absolute atomic E-state index is 0.652. The van der Waals surface area contributed by atoms with Crippen molar-refractivity contribution in [3.8, 4) is 5.75 Å². The van der Waals surface area contributed by atoms with Gasteiger partial charge in [0.25, 0.3) is 0 Å². The van der Waals surface area contributed by atoms with Gasteiger partial charge in [-0.1, -0.05) is 29.8 Å². The Morgan fingerprint density at radius 1 is 1.26 bits per heavy atom. The maximum Gasteiger partial charge on any atom is 0.127 e. The normalized spacial score (nSPS) is 14.6. The van der Waals surface area contributed by atoms with Crippen LogP contribution in [0, 0.1) is 0 Å². The molecule has 1 aliphatic carbocycles. The van der Waals surface area contributed by atoms with Crippen LogP contribution in [-0.2, 0) is 6.54 Å². The summed E-state index contributed by atoms with van der Waals surface area (Å²) >= 11 is 6.17. The lowest BCUT2D eigenvalue weighted by atomic mass is 10.3. The molecule has 0 aliphatic heterocycles. The van der Waals surface area contributed by atoms with Crippen LogP contribution in [0.3, 0.4) is 0 Å². The molecule has 0 bridgehead atoms. The molecule has 0 atom stereocenters. The Morgan fingerprint density at radius 2 is 2.05 bits per heavy atom. The fourth-order valence-corrected chi connectivity index (χ4v) is 2.30. The van der Waals surface area contributed by atoms with Crippen LogP contribution in [0.15, 0.2) is 36.4 Å². The molecule has 19 heavy (non-hydrogen) atoms. The van der Waals surface area contributed by atoms with Crippen LogP contribution in [0.2, 0.25) is 5.15 Å². The first-order valence-electron chi connectivity index (χ1n) is 6.74. The number of rotatable bonds is 6.